The summed E-state index contributed by atoms with van der Waals surface area (Å²) >= 11 is 0. The first-order chi connectivity index (χ1) is 12.8. The molecule has 2 heterocycles. The lowest BCUT2D eigenvalue weighted by Gasteiger charge is -2.46. The molecule has 1 N–H and O–H groups in total. The largest absolute Gasteiger partial charge is 0.415 e. The fourth-order valence-corrected chi connectivity index (χ4v) is 5.49. The van der Waals surface area contributed by atoms with Crippen molar-refractivity contribution < 1.29 is 23.1 Å². The molecule has 0 unspecified atom stereocenters. The van der Waals surface area contributed by atoms with Crippen LogP contribution in [0.25, 0.3) is 0 Å². The summed E-state index contributed by atoms with van der Waals surface area (Å²) in [6.45, 7) is 26.3. The van der Waals surface area contributed by atoms with Crippen molar-refractivity contribution in [2.75, 3.05) is 6.61 Å². The highest BCUT2D eigenvalue weighted by atomic mass is 28.4. The number of fused-ring (bicyclic) bond motifs is 1. The van der Waals surface area contributed by atoms with E-state index in [9.17, 15) is 4.79 Å². The van der Waals surface area contributed by atoms with E-state index >= 15 is 0 Å². The fraction of sp³-hybridized carbons (Fsp3) is 0.952. The molecular weight excluding hydrogens is 402 g/mol. The predicted octanol–water partition coefficient (Wildman–Crippen LogP) is 4.42. The molecule has 0 aromatic carbocycles. The minimum atomic E-state index is -2.10. The zero-order valence-corrected chi connectivity index (χ0v) is 22.6. The van der Waals surface area contributed by atoms with Gasteiger partial charge in [-0.1, -0.05) is 41.5 Å². The minimum Gasteiger partial charge on any atom is -0.415 e. The molecule has 0 aliphatic carbocycles. The Hall–Kier alpha value is -0.256. The Morgan fingerprint density at radius 1 is 0.966 bits per heavy atom. The van der Waals surface area contributed by atoms with Gasteiger partial charge < -0.3 is 23.6 Å². The summed E-state index contributed by atoms with van der Waals surface area (Å²) in [6, 6.07) is -0.260. The smallest absolute Gasteiger partial charge is 0.252 e. The molecule has 170 valence electrons. The van der Waals surface area contributed by atoms with Crippen LogP contribution in [0.4, 0.5) is 0 Å². The molecule has 8 heteroatoms. The molecule has 2 fully saturated rings. The van der Waals surface area contributed by atoms with Crippen molar-refractivity contribution >= 4 is 22.5 Å². The van der Waals surface area contributed by atoms with Crippen LogP contribution in [-0.4, -0.2) is 59.3 Å². The van der Waals surface area contributed by atoms with Crippen LogP contribution in [-0.2, 0) is 23.1 Å². The van der Waals surface area contributed by atoms with Crippen molar-refractivity contribution in [1.82, 2.24) is 5.32 Å². The van der Waals surface area contributed by atoms with Gasteiger partial charge in [0.25, 0.3) is 5.91 Å². The van der Waals surface area contributed by atoms with E-state index in [0.29, 0.717) is 6.61 Å². The molecule has 2 saturated heterocycles. The molecular formula is C21H43NO5Si2. The third-order valence-corrected chi connectivity index (χ3v) is 16.1. The van der Waals surface area contributed by atoms with Crippen molar-refractivity contribution in [2.45, 2.75) is 122 Å². The number of amides is 1. The van der Waals surface area contributed by atoms with E-state index < -0.39 is 34.6 Å². The van der Waals surface area contributed by atoms with Gasteiger partial charge in [0.1, 0.15) is 6.10 Å². The number of rotatable bonds is 5. The van der Waals surface area contributed by atoms with Gasteiger partial charge in [-0.05, 0) is 50.1 Å². The lowest BCUT2D eigenvalue weighted by molar-refractivity contribution is -0.156. The van der Waals surface area contributed by atoms with Gasteiger partial charge in [-0.3, -0.25) is 4.79 Å². The average molecular weight is 446 g/mol. The second kappa shape index (κ2) is 7.71. The summed E-state index contributed by atoms with van der Waals surface area (Å²) in [7, 11) is -4.07. The van der Waals surface area contributed by atoms with Gasteiger partial charge in [-0.15, -0.1) is 0 Å². The van der Waals surface area contributed by atoms with E-state index in [-0.39, 0.29) is 28.1 Å². The maximum absolute atomic E-state index is 12.8. The highest BCUT2D eigenvalue weighted by Gasteiger charge is 2.57. The number of carbonyl (C=O) groups excluding carboxylic acids is 1. The Balaban J connectivity index is 2.31. The lowest BCUT2D eigenvalue weighted by Crippen LogP contribution is -2.66. The van der Waals surface area contributed by atoms with Gasteiger partial charge in [-0.25, -0.2) is 0 Å². The van der Waals surface area contributed by atoms with E-state index in [1.165, 1.54) is 0 Å². The Morgan fingerprint density at radius 3 is 1.97 bits per heavy atom. The van der Waals surface area contributed by atoms with Crippen molar-refractivity contribution in [3.8, 4) is 0 Å². The van der Waals surface area contributed by atoms with E-state index in [1.807, 2.05) is 13.8 Å². The molecule has 0 radical (unpaired) electrons. The number of hydrogen-bond acceptors (Lipinski definition) is 5. The molecule has 0 aromatic heterocycles. The van der Waals surface area contributed by atoms with Gasteiger partial charge in [0, 0.05) is 0 Å². The van der Waals surface area contributed by atoms with Gasteiger partial charge in [-0.2, -0.15) is 0 Å². The standard InChI is InChI=1S/C21H43NO5Si2/c1-19(2,3)28(9,10)24-13-14-15(27-29(11,12)20(4,5)6)16-17(18(23)22-14)26-21(7,8)25-16/h14-17H,13H2,1-12H3,(H,22,23)/t14-,15+,16-,17-/m0/s1. The van der Waals surface area contributed by atoms with Crippen LogP contribution < -0.4 is 5.32 Å². The Morgan fingerprint density at radius 2 is 1.48 bits per heavy atom. The summed E-state index contributed by atoms with van der Waals surface area (Å²) in [4.78, 5) is 12.8. The summed E-state index contributed by atoms with van der Waals surface area (Å²) in [5, 5.41) is 3.27. The van der Waals surface area contributed by atoms with Gasteiger partial charge >= 0.3 is 0 Å². The fourth-order valence-electron chi connectivity index (χ4n) is 3.13. The molecule has 0 aromatic rings. The first kappa shape index (κ1) is 25.0. The van der Waals surface area contributed by atoms with Crippen LogP contribution >= 0.6 is 0 Å². The van der Waals surface area contributed by atoms with Crippen molar-refractivity contribution in [3.63, 3.8) is 0 Å². The molecule has 29 heavy (non-hydrogen) atoms. The Bertz CT molecular complexity index is 622. The number of hydrogen-bond donors (Lipinski definition) is 1. The maximum Gasteiger partial charge on any atom is 0.252 e. The number of ether oxygens (including phenoxy) is 2. The summed E-state index contributed by atoms with van der Waals surface area (Å²) < 4.78 is 25.4. The number of nitrogens with one attached hydrogen (secondary N) is 1. The first-order valence-electron chi connectivity index (χ1n) is 10.8. The van der Waals surface area contributed by atoms with Crippen molar-refractivity contribution in [3.05, 3.63) is 0 Å². The second-order valence-corrected chi connectivity index (χ2v) is 21.6. The lowest BCUT2D eigenvalue weighted by atomic mass is 9.96. The van der Waals surface area contributed by atoms with Crippen molar-refractivity contribution in [2.24, 2.45) is 0 Å². The topological polar surface area (TPSA) is 66.0 Å². The third kappa shape index (κ3) is 5.33. The monoisotopic (exact) mass is 445 g/mol. The summed E-state index contributed by atoms with van der Waals surface area (Å²) in [6.07, 6.45) is -1.38. The Kier molecular flexibility index (Phi) is 6.65. The highest BCUT2D eigenvalue weighted by Crippen LogP contribution is 2.42. The van der Waals surface area contributed by atoms with Gasteiger partial charge in [0.05, 0.1) is 18.8 Å². The highest BCUT2D eigenvalue weighted by molar-refractivity contribution is 6.74. The maximum atomic E-state index is 12.8. The van der Waals surface area contributed by atoms with Gasteiger partial charge in [0.2, 0.25) is 0 Å². The van der Waals surface area contributed by atoms with Crippen LogP contribution in [0.3, 0.4) is 0 Å². The van der Waals surface area contributed by atoms with Crippen LogP contribution in [0.1, 0.15) is 55.4 Å². The van der Waals surface area contributed by atoms with E-state index in [1.54, 1.807) is 0 Å². The quantitative estimate of drug-likeness (QED) is 0.635. The average Bonchev–Trinajstić information content (AvgIpc) is 2.82. The molecule has 0 saturated carbocycles. The predicted molar refractivity (Wildman–Crippen MR) is 121 cm³/mol. The van der Waals surface area contributed by atoms with E-state index in [2.05, 4.69) is 73.0 Å². The summed E-state index contributed by atoms with van der Waals surface area (Å²) in [5.74, 6) is -0.948. The van der Waals surface area contributed by atoms with Gasteiger partial charge in [0.15, 0.2) is 28.5 Å². The summed E-state index contributed by atoms with van der Waals surface area (Å²) in [5.41, 5.74) is 0. The van der Waals surface area contributed by atoms with E-state index in [4.69, 9.17) is 18.3 Å². The first-order valence-corrected chi connectivity index (χ1v) is 16.6. The third-order valence-electron chi connectivity index (χ3n) is 7.10. The molecule has 2 aliphatic heterocycles. The molecule has 0 bridgehead atoms. The number of piperidine rings is 1. The van der Waals surface area contributed by atoms with Crippen molar-refractivity contribution in [1.29, 1.82) is 0 Å². The van der Waals surface area contributed by atoms with Crippen LogP contribution in [0.2, 0.25) is 36.3 Å². The molecule has 1 amide bonds. The van der Waals surface area contributed by atoms with Crippen LogP contribution in [0.15, 0.2) is 0 Å². The molecule has 4 atom stereocenters. The normalized spacial score (nSPS) is 30.8. The molecule has 6 nitrogen and oxygen atoms in total. The Labute approximate surface area is 179 Å². The molecule has 2 aliphatic rings. The zero-order chi connectivity index (χ0) is 22.6. The second-order valence-electron chi connectivity index (χ2n) is 12.0. The van der Waals surface area contributed by atoms with Crippen LogP contribution in [0.5, 0.6) is 0 Å². The minimum absolute atomic E-state index is 0.0454. The molecule has 0 spiro atoms. The van der Waals surface area contributed by atoms with E-state index in [0.717, 1.165) is 0 Å². The zero-order valence-electron chi connectivity index (χ0n) is 20.6. The molecule has 2 rings (SSSR count). The van der Waals surface area contributed by atoms with Crippen LogP contribution in [0, 0.1) is 0 Å². The SMILES string of the molecule is CC1(C)O[C@H]2[C@H](O[Si](C)(C)C(C)(C)C)[C@H](CO[Si](C)(C)C(C)(C)C)NC(=O)[C@H]2O1. The number of carbonyl (C=O) groups is 1.